The van der Waals surface area contributed by atoms with Crippen LogP contribution in [0.25, 0.3) is 0 Å². The summed E-state index contributed by atoms with van der Waals surface area (Å²) in [4.78, 5) is 16.5. The summed E-state index contributed by atoms with van der Waals surface area (Å²) < 4.78 is 5.49. The largest absolute Gasteiger partial charge is 0.495 e. The lowest BCUT2D eigenvalue weighted by atomic mass is 10.1. The molecule has 102 valence electrons. The molecule has 0 bridgehead atoms. The molecule has 0 atom stereocenters. The van der Waals surface area contributed by atoms with Gasteiger partial charge in [-0.05, 0) is 31.2 Å². The third-order valence-electron chi connectivity index (χ3n) is 4.17. The molecule has 0 amide bonds. The Labute approximate surface area is 113 Å². The number of carbonyl (C=O) groups excluding carboxylic acids is 1. The molecule has 1 aromatic rings. The number of fused-ring (bicyclic) bond motifs is 1. The van der Waals surface area contributed by atoms with E-state index >= 15 is 0 Å². The molecule has 1 saturated heterocycles. The Morgan fingerprint density at radius 3 is 2.53 bits per heavy atom. The van der Waals surface area contributed by atoms with E-state index in [-0.39, 0.29) is 5.78 Å². The van der Waals surface area contributed by atoms with Crippen molar-refractivity contribution in [1.29, 1.82) is 0 Å². The third kappa shape index (κ3) is 2.21. The van der Waals surface area contributed by atoms with Gasteiger partial charge in [-0.1, -0.05) is 0 Å². The van der Waals surface area contributed by atoms with Crippen LogP contribution in [0.1, 0.15) is 22.3 Å². The summed E-state index contributed by atoms with van der Waals surface area (Å²) in [7, 11) is 3.83. The van der Waals surface area contributed by atoms with E-state index < -0.39 is 0 Å². The smallest absolute Gasteiger partial charge is 0.163 e. The number of Topliss-reactive ketones (excluding diaryl/α,β-unsaturated/α-hetero) is 1. The Kier molecular flexibility index (Phi) is 3.19. The number of ketones is 1. The molecule has 4 nitrogen and oxygen atoms in total. The van der Waals surface area contributed by atoms with Crippen LogP contribution in [0.2, 0.25) is 0 Å². The lowest BCUT2D eigenvalue weighted by Gasteiger charge is -2.35. The van der Waals surface area contributed by atoms with Crippen molar-refractivity contribution in [3.63, 3.8) is 0 Å². The number of aryl methyl sites for hydroxylation is 1. The van der Waals surface area contributed by atoms with Crippen molar-refractivity contribution < 1.29 is 9.53 Å². The van der Waals surface area contributed by atoms with Crippen LogP contribution in [0.4, 0.5) is 5.69 Å². The second kappa shape index (κ2) is 4.85. The van der Waals surface area contributed by atoms with Gasteiger partial charge in [0, 0.05) is 38.2 Å². The quantitative estimate of drug-likeness (QED) is 0.808. The first-order chi connectivity index (χ1) is 9.19. The maximum Gasteiger partial charge on any atom is 0.163 e. The molecule has 1 aromatic carbocycles. The van der Waals surface area contributed by atoms with Gasteiger partial charge in [0.1, 0.15) is 5.75 Å². The number of hydrogen-bond donors (Lipinski definition) is 0. The van der Waals surface area contributed by atoms with E-state index in [1.165, 1.54) is 5.56 Å². The number of hydrogen-bond acceptors (Lipinski definition) is 4. The van der Waals surface area contributed by atoms with Crippen molar-refractivity contribution in [1.82, 2.24) is 4.90 Å². The zero-order chi connectivity index (χ0) is 13.4. The topological polar surface area (TPSA) is 32.8 Å². The van der Waals surface area contributed by atoms with E-state index in [9.17, 15) is 4.79 Å². The molecule has 2 aliphatic rings. The van der Waals surface area contributed by atoms with E-state index in [1.807, 2.05) is 6.07 Å². The van der Waals surface area contributed by atoms with Gasteiger partial charge in [0.05, 0.1) is 12.8 Å². The fourth-order valence-corrected chi connectivity index (χ4v) is 2.92. The predicted octanol–water partition coefficient (Wildman–Crippen LogP) is 1.58. The fraction of sp³-hybridized carbons (Fsp3) is 0.533. The number of carbonyl (C=O) groups is 1. The second-order valence-corrected chi connectivity index (χ2v) is 5.39. The molecule has 4 heteroatoms. The molecule has 19 heavy (non-hydrogen) atoms. The van der Waals surface area contributed by atoms with E-state index in [1.54, 1.807) is 7.11 Å². The van der Waals surface area contributed by atoms with Crippen molar-refractivity contribution in [3.05, 3.63) is 23.3 Å². The Morgan fingerprint density at radius 1 is 1.11 bits per heavy atom. The van der Waals surface area contributed by atoms with Gasteiger partial charge in [0.25, 0.3) is 0 Å². The molecule has 0 saturated carbocycles. The Hall–Kier alpha value is -1.55. The molecule has 0 unspecified atom stereocenters. The highest BCUT2D eigenvalue weighted by Crippen LogP contribution is 2.35. The molecule has 0 aromatic heterocycles. The summed E-state index contributed by atoms with van der Waals surface area (Å²) in [5.41, 5.74) is 3.18. The molecular weight excluding hydrogens is 240 g/mol. The van der Waals surface area contributed by atoms with Crippen LogP contribution >= 0.6 is 0 Å². The number of methoxy groups -OCH3 is 1. The van der Waals surface area contributed by atoms with Gasteiger partial charge in [-0.25, -0.2) is 0 Å². The van der Waals surface area contributed by atoms with Crippen molar-refractivity contribution in [2.45, 2.75) is 12.8 Å². The summed E-state index contributed by atoms with van der Waals surface area (Å²) in [5.74, 6) is 1.08. The summed E-state index contributed by atoms with van der Waals surface area (Å²) >= 11 is 0. The zero-order valence-electron chi connectivity index (χ0n) is 11.6. The monoisotopic (exact) mass is 260 g/mol. The minimum absolute atomic E-state index is 0.248. The number of piperazine rings is 1. The van der Waals surface area contributed by atoms with E-state index in [0.29, 0.717) is 6.42 Å². The van der Waals surface area contributed by atoms with Crippen LogP contribution in [0.3, 0.4) is 0 Å². The lowest BCUT2D eigenvalue weighted by Crippen LogP contribution is -2.44. The van der Waals surface area contributed by atoms with Gasteiger partial charge < -0.3 is 14.5 Å². The number of rotatable bonds is 2. The average molecular weight is 260 g/mol. The maximum atomic E-state index is 11.8. The average Bonchev–Trinajstić information content (AvgIpc) is 2.79. The van der Waals surface area contributed by atoms with Gasteiger partial charge in [0.2, 0.25) is 0 Å². The Morgan fingerprint density at radius 2 is 1.84 bits per heavy atom. The second-order valence-electron chi connectivity index (χ2n) is 5.39. The minimum Gasteiger partial charge on any atom is -0.495 e. The van der Waals surface area contributed by atoms with Gasteiger partial charge in [-0.15, -0.1) is 0 Å². The van der Waals surface area contributed by atoms with Gasteiger partial charge in [-0.3, -0.25) is 4.79 Å². The van der Waals surface area contributed by atoms with Crippen LogP contribution in [0.15, 0.2) is 12.1 Å². The van der Waals surface area contributed by atoms with Gasteiger partial charge in [-0.2, -0.15) is 0 Å². The molecule has 0 N–H and O–H groups in total. The molecule has 1 aliphatic heterocycles. The SMILES string of the molecule is COc1cc2c(cc1N1CCN(C)CC1)CCC2=O. The highest BCUT2D eigenvalue weighted by molar-refractivity contribution is 6.01. The van der Waals surface area contributed by atoms with E-state index in [4.69, 9.17) is 4.74 Å². The molecule has 1 aliphatic carbocycles. The first-order valence-corrected chi connectivity index (χ1v) is 6.86. The first kappa shape index (κ1) is 12.5. The van der Waals surface area contributed by atoms with E-state index in [2.05, 4.69) is 22.9 Å². The van der Waals surface area contributed by atoms with Crippen molar-refractivity contribution in [3.8, 4) is 5.75 Å². The molecular formula is C15H20N2O2. The molecule has 0 spiro atoms. The zero-order valence-corrected chi connectivity index (χ0v) is 11.6. The fourth-order valence-electron chi connectivity index (χ4n) is 2.92. The van der Waals surface area contributed by atoms with Crippen LogP contribution in [-0.2, 0) is 6.42 Å². The van der Waals surface area contributed by atoms with Crippen LogP contribution < -0.4 is 9.64 Å². The summed E-state index contributed by atoms with van der Waals surface area (Å²) in [6, 6.07) is 4.09. The van der Waals surface area contributed by atoms with Gasteiger partial charge in [0.15, 0.2) is 5.78 Å². The first-order valence-electron chi connectivity index (χ1n) is 6.86. The summed E-state index contributed by atoms with van der Waals surface area (Å²) in [5, 5.41) is 0. The normalized spacial score (nSPS) is 19.7. The third-order valence-corrected chi connectivity index (χ3v) is 4.17. The predicted molar refractivity (Wildman–Crippen MR) is 75.4 cm³/mol. The number of anilines is 1. The number of likely N-dealkylation sites (N-methyl/N-ethyl adjacent to an activating group) is 1. The minimum atomic E-state index is 0.248. The highest BCUT2D eigenvalue weighted by atomic mass is 16.5. The standard InChI is InChI=1S/C15H20N2O2/c1-16-5-7-17(8-6-16)13-9-11-3-4-14(18)12(11)10-15(13)19-2/h9-10H,3-8H2,1-2H3. The lowest BCUT2D eigenvalue weighted by molar-refractivity contribution is 0.0994. The molecule has 1 heterocycles. The number of benzene rings is 1. The number of ether oxygens (including phenoxy) is 1. The van der Waals surface area contributed by atoms with Crippen LogP contribution in [0, 0.1) is 0 Å². The van der Waals surface area contributed by atoms with Crippen molar-refractivity contribution in [2.75, 3.05) is 45.2 Å². The molecule has 3 rings (SSSR count). The van der Waals surface area contributed by atoms with Crippen LogP contribution in [-0.4, -0.2) is 51.0 Å². The molecule has 1 fully saturated rings. The summed E-state index contributed by atoms with van der Waals surface area (Å²) in [6.07, 6.45) is 1.52. The van der Waals surface area contributed by atoms with Crippen LogP contribution in [0.5, 0.6) is 5.75 Å². The Bertz CT molecular complexity index is 505. The number of nitrogens with zero attached hydrogens (tertiary/aromatic N) is 2. The molecule has 0 radical (unpaired) electrons. The highest BCUT2D eigenvalue weighted by Gasteiger charge is 2.25. The Balaban J connectivity index is 1.95. The van der Waals surface area contributed by atoms with E-state index in [0.717, 1.165) is 49.6 Å². The van der Waals surface area contributed by atoms with Crippen molar-refractivity contribution >= 4 is 11.5 Å². The van der Waals surface area contributed by atoms with Crippen molar-refractivity contribution in [2.24, 2.45) is 0 Å². The maximum absolute atomic E-state index is 11.8. The van der Waals surface area contributed by atoms with Gasteiger partial charge >= 0.3 is 0 Å². The summed E-state index contributed by atoms with van der Waals surface area (Å²) in [6.45, 7) is 4.16.